The van der Waals surface area contributed by atoms with Crippen LogP contribution in [-0.4, -0.2) is 35.4 Å². The largest absolute Gasteiger partial charge is 0.507 e. The van der Waals surface area contributed by atoms with Crippen LogP contribution >= 0.6 is 0 Å². The van der Waals surface area contributed by atoms with Gasteiger partial charge in [0.25, 0.3) is 11.7 Å². The van der Waals surface area contributed by atoms with Crippen LogP contribution in [0, 0.1) is 6.92 Å². The van der Waals surface area contributed by atoms with Gasteiger partial charge in [-0.2, -0.15) is 0 Å². The molecule has 0 aromatic heterocycles. The standard InChI is InChI=1S/C27H25NO4/c1-18-11-13-20(14-12-18)24-23(25(29)21-9-6-10-22(17-21)32-2)26(30)27(31)28(24)16-15-19-7-4-3-5-8-19/h3-14,17,24,29H,15-16H2,1-2H3. The van der Waals surface area contributed by atoms with Crippen molar-refractivity contribution in [3.05, 3.63) is 107 Å². The molecule has 3 aromatic rings. The molecule has 1 unspecified atom stereocenters. The van der Waals surface area contributed by atoms with Gasteiger partial charge < -0.3 is 14.7 Å². The summed E-state index contributed by atoms with van der Waals surface area (Å²) in [6.07, 6.45) is 0.607. The fraction of sp³-hybridized carbons (Fsp3) is 0.185. The van der Waals surface area contributed by atoms with E-state index in [-0.39, 0.29) is 11.3 Å². The van der Waals surface area contributed by atoms with E-state index >= 15 is 0 Å². The number of nitrogens with zero attached hydrogens (tertiary/aromatic N) is 1. The van der Waals surface area contributed by atoms with Gasteiger partial charge in [0, 0.05) is 12.1 Å². The molecule has 0 saturated carbocycles. The Morgan fingerprint density at radius 2 is 1.69 bits per heavy atom. The molecule has 1 aliphatic heterocycles. The van der Waals surface area contributed by atoms with Gasteiger partial charge in [0.15, 0.2) is 0 Å². The van der Waals surface area contributed by atoms with Crippen molar-refractivity contribution in [3.63, 3.8) is 0 Å². The number of Topliss-reactive ketones (excluding diaryl/α,β-unsaturated/α-hetero) is 1. The van der Waals surface area contributed by atoms with E-state index in [1.165, 1.54) is 7.11 Å². The molecule has 0 radical (unpaired) electrons. The predicted octanol–water partition coefficient (Wildman–Crippen LogP) is 4.67. The van der Waals surface area contributed by atoms with E-state index in [9.17, 15) is 14.7 Å². The average molecular weight is 428 g/mol. The highest BCUT2D eigenvalue weighted by molar-refractivity contribution is 6.46. The first-order chi connectivity index (χ1) is 15.5. The number of rotatable bonds is 6. The summed E-state index contributed by atoms with van der Waals surface area (Å²) in [7, 11) is 1.54. The summed E-state index contributed by atoms with van der Waals surface area (Å²) in [6, 6.07) is 23.7. The molecule has 162 valence electrons. The lowest BCUT2D eigenvalue weighted by atomic mass is 9.94. The Labute approximate surface area is 187 Å². The van der Waals surface area contributed by atoms with Gasteiger partial charge in [-0.3, -0.25) is 9.59 Å². The maximum Gasteiger partial charge on any atom is 0.295 e. The molecule has 0 spiro atoms. The van der Waals surface area contributed by atoms with Crippen LogP contribution in [0.3, 0.4) is 0 Å². The fourth-order valence-electron chi connectivity index (χ4n) is 4.03. The maximum atomic E-state index is 13.1. The summed E-state index contributed by atoms with van der Waals surface area (Å²) in [6.45, 7) is 2.34. The van der Waals surface area contributed by atoms with Gasteiger partial charge in [0.05, 0.1) is 18.7 Å². The number of carbonyl (C=O) groups excluding carboxylic acids is 2. The molecule has 32 heavy (non-hydrogen) atoms. The van der Waals surface area contributed by atoms with Crippen LogP contribution in [0.4, 0.5) is 0 Å². The van der Waals surface area contributed by atoms with Gasteiger partial charge in [-0.05, 0) is 36.6 Å². The van der Waals surface area contributed by atoms with E-state index in [0.717, 1.165) is 16.7 Å². The van der Waals surface area contributed by atoms with Crippen molar-refractivity contribution in [2.75, 3.05) is 13.7 Å². The summed E-state index contributed by atoms with van der Waals surface area (Å²) < 4.78 is 5.25. The number of carbonyl (C=O) groups is 2. The number of benzene rings is 3. The number of likely N-dealkylation sites (tertiary alicyclic amines) is 1. The Morgan fingerprint density at radius 1 is 0.969 bits per heavy atom. The molecule has 1 atom stereocenters. The van der Waals surface area contributed by atoms with E-state index in [0.29, 0.717) is 24.3 Å². The third-order valence-corrected chi connectivity index (χ3v) is 5.76. The van der Waals surface area contributed by atoms with Crippen molar-refractivity contribution in [2.24, 2.45) is 0 Å². The van der Waals surface area contributed by atoms with Crippen LogP contribution in [0.5, 0.6) is 5.75 Å². The van der Waals surface area contributed by atoms with Gasteiger partial charge in [0.1, 0.15) is 11.5 Å². The van der Waals surface area contributed by atoms with Gasteiger partial charge in [-0.15, -0.1) is 0 Å². The minimum Gasteiger partial charge on any atom is -0.507 e. The minimum atomic E-state index is -0.677. The molecule has 1 aliphatic rings. The van der Waals surface area contributed by atoms with Gasteiger partial charge >= 0.3 is 0 Å². The molecular weight excluding hydrogens is 402 g/mol. The second-order valence-electron chi connectivity index (χ2n) is 7.87. The Kier molecular flexibility index (Phi) is 6.08. The van der Waals surface area contributed by atoms with Crippen LogP contribution in [0.25, 0.3) is 5.76 Å². The highest BCUT2D eigenvalue weighted by Crippen LogP contribution is 2.39. The van der Waals surface area contributed by atoms with Crippen molar-refractivity contribution in [3.8, 4) is 5.75 Å². The van der Waals surface area contributed by atoms with Crippen molar-refractivity contribution < 1.29 is 19.4 Å². The number of aryl methyl sites for hydroxylation is 1. The lowest BCUT2D eigenvalue weighted by Crippen LogP contribution is -2.31. The molecule has 3 aromatic carbocycles. The number of amides is 1. The highest BCUT2D eigenvalue weighted by Gasteiger charge is 2.45. The summed E-state index contributed by atoms with van der Waals surface area (Å²) >= 11 is 0. The summed E-state index contributed by atoms with van der Waals surface area (Å²) in [5.41, 5.74) is 3.46. The van der Waals surface area contributed by atoms with Gasteiger partial charge in [-0.25, -0.2) is 0 Å². The quantitative estimate of drug-likeness (QED) is 0.353. The number of ketones is 1. The molecule has 1 N–H and O–H groups in total. The summed E-state index contributed by atoms with van der Waals surface area (Å²) in [5, 5.41) is 11.1. The Balaban J connectivity index is 1.79. The van der Waals surface area contributed by atoms with Crippen LogP contribution in [0.2, 0.25) is 0 Å². The average Bonchev–Trinajstić information content (AvgIpc) is 3.08. The van der Waals surface area contributed by atoms with Crippen LogP contribution < -0.4 is 4.74 Å². The predicted molar refractivity (Wildman–Crippen MR) is 123 cm³/mol. The molecule has 0 aliphatic carbocycles. The highest BCUT2D eigenvalue weighted by atomic mass is 16.5. The van der Waals surface area contributed by atoms with Gasteiger partial charge in [-0.1, -0.05) is 72.3 Å². The fourth-order valence-corrected chi connectivity index (χ4v) is 4.03. The molecule has 1 amide bonds. The SMILES string of the molecule is COc1cccc(C(O)=C2C(=O)C(=O)N(CCc3ccccc3)C2c2ccc(C)cc2)c1. The zero-order chi connectivity index (χ0) is 22.7. The monoisotopic (exact) mass is 427 g/mol. The number of aliphatic hydroxyl groups is 1. The zero-order valence-electron chi connectivity index (χ0n) is 18.1. The minimum absolute atomic E-state index is 0.0974. The zero-order valence-corrected chi connectivity index (χ0v) is 18.1. The molecule has 1 heterocycles. The third kappa shape index (κ3) is 4.14. The molecule has 1 saturated heterocycles. The van der Waals surface area contributed by atoms with E-state index < -0.39 is 17.7 Å². The second kappa shape index (κ2) is 9.10. The molecule has 5 heteroatoms. The van der Waals surface area contributed by atoms with E-state index in [2.05, 4.69) is 0 Å². The van der Waals surface area contributed by atoms with Crippen LogP contribution in [-0.2, 0) is 16.0 Å². The number of ether oxygens (including phenoxy) is 1. The van der Waals surface area contributed by atoms with E-state index in [1.807, 2.05) is 61.5 Å². The van der Waals surface area contributed by atoms with Gasteiger partial charge in [0.2, 0.25) is 0 Å². The number of hydrogen-bond acceptors (Lipinski definition) is 4. The molecule has 1 fully saturated rings. The Morgan fingerprint density at radius 3 is 2.38 bits per heavy atom. The van der Waals surface area contributed by atoms with Crippen LogP contribution in [0.1, 0.15) is 28.3 Å². The number of aliphatic hydroxyl groups excluding tert-OH is 1. The van der Waals surface area contributed by atoms with E-state index in [4.69, 9.17) is 4.74 Å². The van der Waals surface area contributed by atoms with Crippen molar-refractivity contribution in [1.82, 2.24) is 4.90 Å². The third-order valence-electron chi connectivity index (χ3n) is 5.76. The first kappa shape index (κ1) is 21.4. The number of methoxy groups -OCH3 is 1. The maximum absolute atomic E-state index is 13.1. The topological polar surface area (TPSA) is 66.8 Å². The first-order valence-corrected chi connectivity index (χ1v) is 10.5. The summed E-state index contributed by atoms with van der Waals surface area (Å²) in [4.78, 5) is 27.7. The smallest absolute Gasteiger partial charge is 0.295 e. The second-order valence-corrected chi connectivity index (χ2v) is 7.87. The van der Waals surface area contributed by atoms with E-state index in [1.54, 1.807) is 29.2 Å². The van der Waals surface area contributed by atoms with Crippen molar-refractivity contribution >= 4 is 17.4 Å². The molecule has 5 nitrogen and oxygen atoms in total. The normalized spacial score (nSPS) is 17.6. The Bertz CT molecular complexity index is 1170. The summed E-state index contributed by atoms with van der Waals surface area (Å²) in [5.74, 6) is -0.922. The molecule has 0 bridgehead atoms. The van der Waals surface area contributed by atoms with Crippen molar-refractivity contribution in [1.29, 1.82) is 0 Å². The number of hydrogen-bond donors (Lipinski definition) is 1. The van der Waals surface area contributed by atoms with Crippen LogP contribution in [0.15, 0.2) is 84.4 Å². The lowest BCUT2D eigenvalue weighted by molar-refractivity contribution is -0.139. The van der Waals surface area contributed by atoms with Crippen molar-refractivity contribution in [2.45, 2.75) is 19.4 Å². The Hall–Kier alpha value is -3.86. The first-order valence-electron chi connectivity index (χ1n) is 10.5. The molecule has 4 rings (SSSR count). The lowest BCUT2D eigenvalue weighted by Gasteiger charge is -2.25. The molecular formula is C27H25NO4.